The summed E-state index contributed by atoms with van der Waals surface area (Å²) in [6.07, 6.45) is 3.61. The third-order valence-electron chi connectivity index (χ3n) is 3.51. The van der Waals surface area contributed by atoms with E-state index in [1.165, 1.54) is 23.3 Å². The Morgan fingerprint density at radius 2 is 1.65 bits per heavy atom. The molecule has 0 aliphatic heterocycles. The molecule has 0 radical (unpaired) electrons. The van der Waals surface area contributed by atoms with Gasteiger partial charge in [-0.3, -0.25) is 4.79 Å². The van der Waals surface area contributed by atoms with E-state index in [0.29, 0.717) is 0 Å². The van der Waals surface area contributed by atoms with Crippen LogP contribution in [-0.2, 0) is 11.2 Å². The second kappa shape index (κ2) is 8.75. The Balaban J connectivity index is 1.94. The summed E-state index contributed by atoms with van der Waals surface area (Å²) in [5.41, 5.74) is 7.71. The van der Waals surface area contributed by atoms with Crippen LogP contribution in [-0.4, -0.2) is 11.9 Å². The molecule has 23 heavy (non-hydrogen) atoms. The summed E-state index contributed by atoms with van der Waals surface area (Å²) in [5.74, 6) is -0.173. The molecule has 2 rings (SSSR count). The Kier molecular flexibility index (Phi) is 6.68. The normalized spacial score (nSPS) is 12.0. The molecule has 0 spiro atoms. The Morgan fingerprint density at radius 3 is 2.17 bits per heavy atom. The van der Waals surface area contributed by atoms with Gasteiger partial charge in [0.1, 0.15) is 0 Å². The van der Waals surface area contributed by atoms with E-state index in [0.717, 1.165) is 17.0 Å². The molecule has 0 aliphatic rings. The first-order chi connectivity index (χ1) is 11.1. The van der Waals surface area contributed by atoms with Crippen molar-refractivity contribution in [2.45, 2.75) is 48.9 Å². The highest BCUT2D eigenvalue weighted by Crippen LogP contribution is 2.29. The van der Waals surface area contributed by atoms with Crippen molar-refractivity contribution in [3.05, 3.63) is 54.1 Å². The standard InChI is InChI=1S/C19H24N2OS/c1-3-4-5-15-6-10-17(11-7-15)23-18-12-8-16(9-13-18)21-19(22)14(2)20/h6-14H,3-5,20H2,1-2H3,(H,21,22). The van der Waals surface area contributed by atoms with Gasteiger partial charge < -0.3 is 11.1 Å². The minimum absolute atomic E-state index is 0.173. The summed E-state index contributed by atoms with van der Waals surface area (Å²) in [7, 11) is 0. The number of hydrogen-bond donors (Lipinski definition) is 2. The van der Waals surface area contributed by atoms with Gasteiger partial charge in [-0.2, -0.15) is 0 Å². The lowest BCUT2D eigenvalue weighted by Gasteiger charge is -2.08. The van der Waals surface area contributed by atoms with Gasteiger partial charge in [0.05, 0.1) is 6.04 Å². The number of nitrogens with one attached hydrogen (secondary N) is 1. The number of carbonyl (C=O) groups excluding carboxylic acids is 1. The molecule has 0 saturated heterocycles. The zero-order valence-corrected chi connectivity index (χ0v) is 14.5. The lowest BCUT2D eigenvalue weighted by molar-refractivity contribution is -0.117. The smallest absolute Gasteiger partial charge is 0.240 e. The maximum Gasteiger partial charge on any atom is 0.240 e. The van der Waals surface area contributed by atoms with Gasteiger partial charge in [-0.05, 0) is 61.7 Å². The fourth-order valence-corrected chi connectivity index (χ4v) is 2.92. The van der Waals surface area contributed by atoms with Crippen molar-refractivity contribution in [1.82, 2.24) is 0 Å². The fourth-order valence-electron chi connectivity index (χ4n) is 2.10. The molecule has 2 aromatic rings. The summed E-state index contributed by atoms with van der Waals surface area (Å²) in [6, 6.07) is 16.1. The molecule has 0 fully saturated rings. The molecule has 122 valence electrons. The van der Waals surface area contributed by atoms with Crippen molar-refractivity contribution in [2.75, 3.05) is 5.32 Å². The Hall–Kier alpha value is -1.78. The molecule has 0 bridgehead atoms. The van der Waals surface area contributed by atoms with Crippen LogP contribution in [0.5, 0.6) is 0 Å². The average Bonchev–Trinajstić information content (AvgIpc) is 2.56. The van der Waals surface area contributed by atoms with Crippen LogP contribution in [0, 0.1) is 0 Å². The molecule has 0 heterocycles. The van der Waals surface area contributed by atoms with Gasteiger partial charge in [-0.1, -0.05) is 37.2 Å². The zero-order valence-electron chi connectivity index (χ0n) is 13.7. The van der Waals surface area contributed by atoms with Gasteiger partial charge >= 0.3 is 0 Å². The number of anilines is 1. The van der Waals surface area contributed by atoms with Crippen LogP contribution in [0.1, 0.15) is 32.3 Å². The second-order valence-electron chi connectivity index (χ2n) is 5.65. The van der Waals surface area contributed by atoms with Gasteiger partial charge in [0.15, 0.2) is 0 Å². The third-order valence-corrected chi connectivity index (χ3v) is 4.53. The van der Waals surface area contributed by atoms with Crippen molar-refractivity contribution in [2.24, 2.45) is 5.73 Å². The van der Waals surface area contributed by atoms with Crippen LogP contribution in [0.3, 0.4) is 0 Å². The van der Waals surface area contributed by atoms with E-state index in [1.54, 1.807) is 18.7 Å². The van der Waals surface area contributed by atoms with Crippen molar-refractivity contribution in [3.8, 4) is 0 Å². The summed E-state index contributed by atoms with van der Waals surface area (Å²) in [4.78, 5) is 13.9. The number of aryl methyl sites for hydroxylation is 1. The number of amides is 1. The molecule has 1 atom stereocenters. The Bertz CT molecular complexity index is 621. The number of unbranched alkanes of at least 4 members (excludes halogenated alkanes) is 1. The average molecular weight is 328 g/mol. The van der Waals surface area contributed by atoms with Crippen molar-refractivity contribution >= 4 is 23.4 Å². The number of rotatable bonds is 7. The monoisotopic (exact) mass is 328 g/mol. The number of benzene rings is 2. The first kappa shape index (κ1) is 17.6. The van der Waals surface area contributed by atoms with Gasteiger partial charge in [-0.25, -0.2) is 0 Å². The number of hydrogen-bond acceptors (Lipinski definition) is 3. The molecule has 1 amide bonds. The molecule has 0 aromatic heterocycles. The first-order valence-corrected chi connectivity index (χ1v) is 8.83. The van der Waals surface area contributed by atoms with Gasteiger partial charge in [0.25, 0.3) is 0 Å². The minimum atomic E-state index is -0.504. The lowest BCUT2D eigenvalue weighted by Crippen LogP contribution is -2.32. The van der Waals surface area contributed by atoms with E-state index >= 15 is 0 Å². The molecule has 1 unspecified atom stereocenters. The summed E-state index contributed by atoms with van der Waals surface area (Å²) < 4.78 is 0. The lowest BCUT2D eigenvalue weighted by atomic mass is 10.1. The predicted molar refractivity (Wildman–Crippen MR) is 97.9 cm³/mol. The third kappa shape index (κ3) is 5.73. The summed E-state index contributed by atoms with van der Waals surface area (Å²) in [5, 5.41) is 2.79. The molecule has 2 aromatic carbocycles. The van der Waals surface area contributed by atoms with Crippen LogP contribution in [0.25, 0.3) is 0 Å². The molecule has 0 saturated carbocycles. The second-order valence-corrected chi connectivity index (χ2v) is 6.80. The van der Waals surface area contributed by atoms with E-state index in [1.807, 2.05) is 24.3 Å². The van der Waals surface area contributed by atoms with Crippen molar-refractivity contribution in [3.63, 3.8) is 0 Å². The minimum Gasteiger partial charge on any atom is -0.325 e. The van der Waals surface area contributed by atoms with E-state index < -0.39 is 6.04 Å². The quantitative estimate of drug-likeness (QED) is 0.788. The molecule has 3 N–H and O–H groups in total. The summed E-state index contributed by atoms with van der Waals surface area (Å²) in [6.45, 7) is 3.88. The maximum atomic E-state index is 11.6. The van der Waals surface area contributed by atoms with Crippen molar-refractivity contribution in [1.29, 1.82) is 0 Å². The van der Waals surface area contributed by atoms with Crippen molar-refractivity contribution < 1.29 is 4.79 Å². The molecule has 0 aliphatic carbocycles. The van der Waals surface area contributed by atoms with Crippen LogP contribution >= 0.6 is 11.8 Å². The van der Waals surface area contributed by atoms with Crippen LogP contribution in [0.4, 0.5) is 5.69 Å². The fraction of sp³-hybridized carbons (Fsp3) is 0.316. The maximum absolute atomic E-state index is 11.6. The topological polar surface area (TPSA) is 55.1 Å². The largest absolute Gasteiger partial charge is 0.325 e. The van der Waals surface area contributed by atoms with Gasteiger partial charge in [-0.15, -0.1) is 0 Å². The van der Waals surface area contributed by atoms with E-state index in [-0.39, 0.29) is 5.91 Å². The molecular formula is C19H24N2OS. The van der Waals surface area contributed by atoms with Gasteiger partial charge in [0.2, 0.25) is 5.91 Å². The first-order valence-electron chi connectivity index (χ1n) is 8.02. The Morgan fingerprint density at radius 1 is 1.09 bits per heavy atom. The highest BCUT2D eigenvalue weighted by atomic mass is 32.2. The van der Waals surface area contributed by atoms with Crippen LogP contribution in [0.2, 0.25) is 0 Å². The SMILES string of the molecule is CCCCc1ccc(Sc2ccc(NC(=O)C(C)N)cc2)cc1. The van der Waals surface area contributed by atoms with E-state index in [2.05, 4.69) is 36.5 Å². The van der Waals surface area contributed by atoms with E-state index in [4.69, 9.17) is 5.73 Å². The van der Waals surface area contributed by atoms with Gasteiger partial charge in [0, 0.05) is 15.5 Å². The van der Waals surface area contributed by atoms with E-state index in [9.17, 15) is 4.79 Å². The highest BCUT2D eigenvalue weighted by Gasteiger charge is 2.07. The Labute approximate surface area is 142 Å². The van der Waals surface area contributed by atoms with Crippen LogP contribution < -0.4 is 11.1 Å². The molecular weight excluding hydrogens is 304 g/mol. The number of carbonyl (C=O) groups is 1. The number of nitrogens with two attached hydrogens (primary N) is 1. The summed E-state index contributed by atoms with van der Waals surface area (Å²) >= 11 is 1.72. The zero-order chi connectivity index (χ0) is 16.7. The molecule has 3 nitrogen and oxygen atoms in total. The predicted octanol–water partition coefficient (Wildman–Crippen LogP) is 4.47. The highest BCUT2D eigenvalue weighted by molar-refractivity contribution is 7.99. The molecule has 4 heteroatoms. The van der Waals surface area contributed by atoms with Crippen LogP contribution in [0.15, 0.2) is 58.3 Å².